The third-order valence-electron chi connectivity index (χ3n) is 3.28. The van der Waals surface area contributed by atoms with Gasteiger partial charge in [-0.2, -0.15) is 0 Å². The Morgan fingerprint density at radius 1 is 1.18 bits per heavy atom. The quantitative estimate of drug-likeness (QED) is 0.748. The van der Waals surface area contributed by atoms with Crippen molar-refractivity contribution in [2.24, 2.45) is 0 Å². The van der Waals surface area contributed by atoms with Crippen LogP contribution in [0.15, 0.2) is 52.9 Å². The average molecular weight is 295 g/mol. The molecule has 1 N–H and O–H groups in total. The number of aldehydes is 1. The summed E-state index contributed by atoms with van der Waals surface area (Å²) >= 11 is 0. The van der Waals surface area contributed by atoms with E-state index in [0.717, 1.165) is 6.29 Å². The zero-order valence-corrected chi connectivity index (χ0v) is 11.8. The summed E-state index contributed by atoms with van der Waals surface area (Å²) < 4.78 is 10.8. The van der Waals surface area contributed by atoms with E-state index >= 15 is 0 Å². The highest BCUT2D eigenvalue weighted by molar-refractivity contribution is 6.07. The number of fused-ring (bicyclic) bond motifs is 1. The van der Waals surface area contributed by atoms with Crippen LogP contribution in [0.4, 0.5) is 5.69 Å². The van der Waals surface area contributed by atoms with E-state index in [0.29, 0.717) is 28.0 Å². The summed E-state index contributed by atoms with van der Waals surface area (Å²) in [5.41, 5.74) is 1.49. The van der Waals surface area contributed by atoms with Gasteiger partial charge in [-0.1, -0.05) is 18.2 Å². The molecule has 0 saturated heterocycles. The predicted octanol–water partition coefficient (Wildman–Crippen LogP) is 3.51. The molecule has 1 amide bonds. The Hall–Kier alpha value is -3.08. The van der Waals surface area contributed by atoms with Crippen molar-refractivity contribution in [2.45, 2.75) is 0 Å². The minimum absolute atomic E-state index is 0.117. The third-order valence-corrected chi connectivity index (χ3v) is 3.28. The van der Waals surface area contributed by atoms with E-state index in [-0.39, 0.29) is 11.7 Å². The fraction of sp³-hybridized carbons (Fsp3) is 0.0588. The Morgan fingerprint density at radius 3 is 2.64 bits per heavy atom. The number of ether oxygens (including phenoxy) is 1. The zero-order valence-electron chi connectivity index (χ0n) is 11.8. The van der Waals surface area contributed by atoms with Gasteiger partial charge in [0.1, 0.15) is 0 Å². The number of rotatable bonds is 4. The lowest BCUT2D eigenvalue weighted by Gasteiger charge is -2.02. The van der Waals surface area contributed by atoms with Gasteiger partial charge in [-0.05, 0) is 30.3 Å². The minimum atomic E-state index is -0.388. The van der Waals surface area contributed by atoms with Crippen molar-refractivity contribution < 1.29 is 18.7 Å². The van der Waals surface area contributed by atoms with Crippen LogP contribution in [0.2, 0.25) is 0 Å². The van der Waals surface area contributed by atoms with Crippen molar-refractivity contribution in [1.29, 1.82) is 0 Å². The molecule has 3 aromatic rings. The van der Waals surface area contributed by atoms with Crippen LogP contribution in [0.25, 0.3) is 11.0 Å². The van der Waals surface area contributed by atoms with Gasteiger partial charge >= 0.3 is 0 Å². The van der Waals surface area contributed by atoms with Crippen LogP contribution in [-0.4, -0.2) is 19.3 Å². The molecule has 5 heteroatoms. The van der Waals surface area contributed by atoms with Gasteiger partial charge in [0.05, 0.1) is 7.11 Å². The molecule has 22 heavy (non-hydrogen) atoms. The fourth-order valence-electron chi connectivity index (χ4n) is 2.21. The highest BCUT2D eigenvalue weighted by atomic mass is 16.5. The molecule has 110 valence electrons. The van der Waals surface area contributed by atoms with Crippen LogP contribution in [0, 0.1) is 0 Å². The van der Waals surface area contributed by atoms with Crippen molar-refractivity contribution in [3.05, 3.63) is 59.9 Å². The van der Waals surface area contributed by atoms with Crippen LogP contribution in [0.5, 0.6) is 5.75 Å². The third kappa shape index (κ3) is 2.44. The van der Waals surface area contributed by atoms with E-state index in [4.69, 9.17) is 9.15 Å². The molecule has 0 radical (unpaired) electrons. The van der Waals surface area contributed by atoms with Crippen LogP contribution < -0.4 is 10.1 Å². The van der Waals surface area contributed by atoms with Gasteiger partial charge in [-0.25, -0.2) is 0 Å². The molecule has 0 spiro atoms. The van der Waals surface area contributed by atoms with Gasteiger partial charge in [0, 0.05) is 16.6 Å². The number of para-hydroxylation sites is 1. The topological polar surface area (TPSA) is 68.5 Å². The number of furan rings is 1. The number of hydrogen-bond donors (Lipinski definition) is 1. The molecule has 0 atom stereocenters. The lowest BCUT2D eigenvalue weighted by atomic mass is 10.1. The highest BCUT2D eigenvalue weighted by Gasteiger charge is 2.17. The summed E-state index contributed by atoms with van der Waals surface area (Å²) in [4.78, 5) is 23.4. The van der Waals surface area contributed by atoms with E-state index in [1.165, 1.54) is 7.11 Å². The number of carbonyl (C=O) groups is 2. The molecule has 0 aliphatic rings. The highest BCUT2D eigenvalue weighted by Crippen LogP contribution is 2.31. The number of anilines is 1. The molecular weight excluding hydrogens is 282 g/mol. The molecule has 0 fully saturated rings. The smallest absolute Gasteiger partial charge is 0.291 e. The van der Waals surface area contributed by atoms with Crippen molar-refractivity contribution in [3.8, 4) is 5.75 Å². The predicted molar refractivity (Wildman–Crippen MR) is 82.5 cm³/mol. The summed E-state index contributed by atoms with van der Waals surface area (Å²) in [7, 11) is 1.50. The van der Waals surface area contributed by atoms with E-state index < -0.39 is 0 Å². The Bertz CT molecular complexity index is 836. The van der Waals surface area contributed by atoms with Crippen LogP contribution >= 0.6 is 0 Å². The largest absolute Gasteiger partial charge is 0.493 e. The molecule has 0 aliphatic heterocycles. The normalized spacial score (nSPS) is 10.4. The first-order chi connectivity index (χ1) is 10.7. The van der Waals surface area contributed by atoms with Crippen molar-refractivity contribution in [3.63, 3.8) is 0 Å². The molecule has 0 bridgehead atoms. The minimum Gasteiger partial charge on any atom is -0.493 e. The monoisotopic (exact) mass is 295 g/mol. The van der Waals surface area contributed by atoms with Crippen LogP contribution in [-0.2, 0) is 0 Å². The second kappa shape index (κ2) is 5.73. The van der Waals surface area contributed by atoms with E-state index in [9.17, 15) is 9.59 Å². The number of amides is 1. The van der Waals surface area contributed by atoms with E-state index in [1.807, 2.05) is 18.2 Å². The average Bonchev–Trinajstić information content (AvgIpc) is 3.00. The van der Waals surface area contributed by atoms with Gasteiger partial charge < -0.3 is 14.5 Å². The maximum atomic E-state index is 12.2. The Morgan fingerprint density at radius 2 is 1.95 bits per heavy atom. The zero-order chi connectivity index (χ0) is 15.5. The molecule has 0 aliphatic carbocycles. The van der Waals surface area contributed by atoms with Crippen molar-refractivity contribution in [2.75, 3.05) is 12.4 Å². The molecule has 0 unspecified atom stereocenters. The molecular formula is C17H13NO4. The maximum Gasteiger partial charge on any atom is 0.291 e. The van der Waals surface area contributed by atoms with Crippen molar-refractivity contribution >= 4 is 28.8 Å². The number of benzene rings is 2. The second-order valence-corrected chi connectivity index (χ2v) is 4.65. The second-order valence-electron chi connectivity index (χ2n) is 4.65. The number of nitrogens with one attached hydrogen (secondary N) is 1. The summed E-state index contributed by atoms with van der Waals surface area (Å²) in [6, 6.07) is 13.9. The first-order valence-electron chi connectivity index (χ1n) is 6.65. The number of hydrogen-bond acceptors (Lipinski definition) is 4. The molecule has 1 aromatic heterocycles. The van der Waals surface area contributed by atoms with E-state index in [1.54, 1.807) is 30.3 Å². The number of carbonyl (C=O) groups excluding carboxylic acids is 2. The standard InChI is InChI=1S/C17H13NO4/c1-21-14-8-7-11(10-19)13-9-15(22-16(13)14)17(20)18-12-5-3-2-4-6-12/h2-10H,1H3,(H,18,20). The lowest BCUT2D eigenvalue weighted by molar-refractivity contribution is 0.0998. The molecule has 3 rings (SSSR count). The first kappa shape index (κ1) is 13.9. The number of methoxy groups -OCH3 is 1. The fourth-order valence-corrected chi connectivity index (χ4v) is 2.21. The summed E-state index contributed by atoms with van der Waals surface area (Å²) in [6.45, 7) is 0. The molecule has 5 nitrogen and oxygen atoms in total. The van der Waals surface area contributed by atoms with Gasteiger partial charge in [-0.15, -0.1) is 0 Å². The van der Waals surface area contributed by atoms with Gasteiger partial charge in [-0.3, -0.25) is 9.59 Å². The van der Waals surface area contributed by atoms with E-state index in [2.05, 4.69) is 5.32 Å². The summed E-state index contributed by atoms with van der Waals surface area (Å²) in [5.74, 6) is 0.201. The lowest BCUT2D eigenvalue weighted by Crippen LogP contribution is -2.10. The summed E-state index contributed by atoms with van der Waals surface area (Å²) in [6.07, 6.45) is 0.718. The van der Waals surface area contributed by atoms with Crippen LogP contribution in [0.1, 0.15) is 20.9 Å². The Labute approximate surface area is 126 Å². The van der Waals surface area contributed by atoms with Gasteiger partial charge in [0.2, 0.25) is 0 Å². The SMILES string of the molecule is COc1ccc(C=O)c2cc(C(=O)Nc3ccccc3)oc12. The van der Waals surface area contributed by atoms with Gasteiger partial charge in [0.25, 0.3) is 5.91 Å². The maximum absolute atomic E-state index is 12.2. The van der Waals surface area contributed by atoms with Crippen molar-refractivity contribution in [1.82, 2.24) is 0 Å². The summed E-state index contributed by atoms with van der Waals surface area (Å²) in [5, 5.41) is 3.28. The Kier molecular flexibility index (Phi) is 3.62. The van der Waals surface area contributed by atoms with Gasteiger partial charge in [0.15, 0.2) is 23.4 Å². The molecule has 2 aromatic carbocycles. The Balaban J connectivity index is 2.01. The van der Waals surface area contributed by atoms with Crippen LogP contribution in [0.3, 0.4) is 0 Å². The molecule has 1 heterocycles. The first-order valence-corrected chi connectivity index (χ1v) is 6.65. The molecule has 0 saturated carbocycles.